The number of anilines is 1. The first-order valence-electron chi connectivity index (χ1n) is 9.16. The summed E-state index contributed by atoms with van der Waals surface area (Å²) in [6.45, 7) is 5.13. The van der Waals surface area contributed by atoms with Crippen LogP contribution in [-0.4, -0.2) is 50.7 Å². The third kappa shape index (κ3) is 5.41. The lowest BCUT2D eigenvalue weighted by Crippen LogP contribution is -2.30. The monoisotopic (exact) mass is 411 g/mol. The van der Waals surface area contributed by atoms with E-state index in [2.05, 4.69) is 20.5 Å². The molecule has 29 heavy (non-hydrogen) atoms. The molecule has 0 atom stereocenters. The molecular formula is C20H21N5O3S. The number of thioether (sulfide) groups is 1. The molecule has 0 aliphatic heterocycles. The van der Waals surface area contributed by atoms with Crippen LogP contribution in [0.3, 0.4) is 0 Å². The van der Waals surface area contributed by atoms with Gasteiger partial charge in [-0.1, -0.05) is 17.8 Å². The van der Waals surface area contributed by atoms with Crippen molar-refractivity contribution in [3.05, 3.63) is 54.4 Å². The second-order valence-electron chi connectivity index (χ2n) is 6.01. The maximum Gasteiger partial charge on any atom is 0.277 e. The van der Waals surface area contributed by atoms with Gasteiger partial charge in [0.05, 0.1) is 11.3 Å². The number of nitrogens with zero attached hydrogens (tertiary/aromatic N) is 4. The van der Waals surface area contributed by atoms with Crippen LogP contribution in [0.5, 0.6) is 0 Å². The number of rotatable bonds is 8. The van der Waals surface area contributed by atoms with E-state index in [0.29, 0.717) is 41.0 Å². The van der Waals surface area contributed by atoms with Gasteiger partial charge in [-0.05, 0) is 44.2 Å². The first-order chi connectivity index (χ1) is 14.1. The van der Waals surface area contributed by atoms with Crippen molar-refractivity contribution in [3.8, 4) is 11.5 Å². The van der Waals surface area contributed by atoms with Crippen molar-refractivity contribution in [3.63, 3.8) is 0 Å². The fraction of sp³-hybridized carbons (Fsp3) is 0.250. The molecule has 3 aromatic rings. The lowest BCUT2D eigenvalue weighted by atomic mass is 10.1. The van der Waals surface area contributed by atoms with Gasteiger partial charge in [0.25, 0.3) is 11.1 Å². The highest BCUT2D eigenvalue weighted by Gasteiger charge is 2.14. The van der Waals surface area contributed by atoms with E-state index in [1.165, 1.54) is 0 Å². The van der Waals surface area contributed by atoms with Gasteiger partial charge in [0, 0.05) is 36.7 Å². The van der Waals surface area contributed by atoms with Crippen molar-refractivity contribution in [2.75, 3.05) is 24.2 Å². The number of benzene rings is 1. The number of amides is 2. The lowest BCUT2D eigenvalue weighted by molar-refractivity contribution is -0.113. The third-order valence-electron chi connectivity index (χ3n) is 4.09. The minimum absolute atomic E-state index is 0.0609. The summed E-state index contributed by atoms with van der Waals surface area (Å²) in [5, 5.41) is 11.0. The zero-order chi connectivity index (χ0) is 20.6. The Balaban J connectivity index is 1.57. The van der Waals surface area contributed by atoms with Crippen LogP contribution in [0.25, 0.3) is 11.5 Å². The predicted octanol–water partition coefficient (Wildman–Crippen LogP) is 3.34. The molecule has 2 amide bonds. The Bertz CT molecular complexity index is 973. The van der Waals surface area contributed by atoms with E-state index < -0.39 is 0 Å². The maximum absolute atomic E-state index is 12.5. The zero-order valence-electron chi connectivity index (χ0n) is 16.2. The Kier molecular flexibility index (Phi) is 6.96. The van der Waals surface area contributed by atoms with Gasteiger partial charge < -0.3 is 14.6 Å². The first kappa shape index (κ1) is 20.5. The molecule has 2 heterocycles. The van der Waals surface area contributed by atoms with Gasteiger partial charge in [-0.2, -0.15) is 0 Å². The molecule has 0 aliphatic rings. The Morgan fingerprint density at radius 1 is 1.14 bits per heavy atom. The van der Waals surface area contributed by atoms with Crippen LogP contribution in [-0.2, 0) is 4.79 Å². The summed E-state index contributed by atoms with van der Waals surface area (Å²) in [6.07, 6.45) is 3.28. The molecule has 8 nitrogen and oxygen atoms in total. The van der Waals surface area contributed by atoms with Gasteiger partial charge in [0.15, 0.2) is 0 Å². The maximum atomic E-state index is 12.5. The standard InChI is InChI=1S/C20H21N5O3S/c1-3-25(4-2)19(27)14-7-5-9-16(11-14)22-17(26)13-29-20-24-23-18(28-20)15-8-6-10-21-12-15/h5-12H,3-4,13H2,1-2H3,(H,22,26). The number of aromatic nitrogens is 3. The predicted molar refractivity (Wildman–Crippen MR) is 111 cm³/mol. The van der Waals surface area contributed by atoms with Crippen LogP contribution in [0.15, 0.2) is 58.4 Å². The zero-order valence-corrected chi connectivity index (χ0v) is 17.0. The summed E-state index contributed by atoms with van der Waals surface area (Å²) < 4.78 is 5.54. The molecule has 0 saturated heterocycles. The Morgan fingerprint density at radius 3 is 2.69 bits per heavy atom. The van der Waals surface area contributed by atoms with E-state index in [-0.39, 0.29) is 17.6 Å². The quantitative estimate of drug-likeness (QED) is 0.567. The van der Waals surface area contributed by atoms with Crippen LogP contribution in [0.2, 0.25) is 0 Å². The average Bonchev–Trinajstić information content (AvgIpc) is 3.23. The van der Waals surface area contributed by atoms with Gasteiger partial charge in [-0.15, -0.1) is 10.2 Å². The normalized spacial score (nSPS) is 10.6. The molecule has 0 unspecified atom stereocenters. The van der Waals surface area contributed by atoms with E-state index >= 15 is 0 Å². The third-order valence-corrected chi connectivity index (χ3v) is 4.90. The highest BCUT2D eigenvalue weighted by molar-refractivity contribution is 7.99. The minimum atomic E-state index is -0.233. The number of hydrogen-bond acceptors (Lipinski definition) is 7. The fourth-order valence-corrected chi connectivity index (χ4v) is 3.18. The van der Waals surface area contributed by atoms with Gasteiger partial charge in [0.2, 0.25) is 11.8 Å². The number of pyridine rings is 1. The molecule has 0 aliphatic carbocycles. The van der Waals surface area contributed by atoms with Gasteiger partial charge in [0.1, 0.15) is 0 Å². The highest BCUT2D eigenvalue weighted by Crippen LogP contribution is 2.22. The molecule has 0 bridgehead atoms. The van der Waals surface area contributed by atoms with Crippen molar-refractivity contribution in [1.82, 2.24) is 20.1 Å². The Hall–Kier alpha value is -3.20. The van der Waals surface area contributed by atoms with Crippen LogP contribution >= 0.6 is 11.8 Å². The summed E-state index contributed by atoms with van der Waals surface area (Å²) in [5.41, 5.74) is 1.82. The molecule has 0 saturated carbocycles. The van der Waals surface area contributed by atoms with E-state index in [1.54, 1.807) is 47.6 Å². The van der Waals surface area contributed by atoms with E-state index in [4.69, 9.17) is 4.42 Å². The fourth-order valence-electron chi connectivity index (χ4n) is 2.62. The van der Waals surface area contributed by atoms with Gasteiger partial charge in [-0.25, -0.2) is 0 Å². The lowest BCUT2D eigenvalue weighted by Gasteiger charge is -2.19. The second kappa shape index (κ2) is 9.83. The van der Waals surface area contributed by atoms with Crippen molar-refractivity contribution in [1.29, 1.82) is 0 Å². The molecular weight excluding hydrogens is 390 g/mol. The summed E-state index contributed by atoms with van der Waals surface area (Å²) in [7, 11) is 0. The van der Waals surface area contributed by atoms with E-state index in [9.17, 15) is 9.59 Å². The molecule has 150 valence electrons. The van der Waals surface area contributed by atoms with E-state index in [0.717, 1.165) is 11.8 Å². The minimum Gasteiger partial charge on any atom is -0.411 e. The largest absolute Gasteiger partial charge is 0.411 e. The summed E-state index contributed by atoms with van der Waals surface area (Å²) >= 11 is 1.14. The second-order valence-corrected chi connectivity index (χ2v) is 6.94. The number of carbonyl (C=O) groups is 2. The molecule has 9 heteroatoms. The van der Waals surface area contributed by atoms with Crippen LogP contribution in [0.1, 0.15) is 24.2 Å². The smallest absolute Gasteiger partial charge is 0.277 e. The number of hydrogen-bond donors (Lipinski definition) is 1. The first-order valence-corrected chi connectivity index (χ1v) is 10.1. The Labute approximate surface area is 172 Å². The molecule has 3 rings (SSSR count). The molecule has 0 spiro atoms. The van der Waals surface area contributed by atoms with Crippen LogP contribution in [0.4, 0.5) is 5.69 Å². The molecule has 0 fully saturated rings. The molecule has 1 aromatic carbocycles. The van der Waals surface area contributed by atoms with Crippen molar-refractivity contribution in [2.24, 2.45) is 0 Å². The topological polar surface area (TPSA) is 101 Å². The number of carbonyl (C=O) groups excluding carboxylic acids is 2. The van der Waals surface area contributed by atoms with Crippen molar-refractivity contribution in [2.45, 2.75) is 19.1 Å². The summed E-state index contributed by atoms with van der Waals surface area (Å²) in [6, 6.07) is 10.5. The highest BCUT2D eigenvalue weighted by atomic mass is 32.2. The Morgan fingerprint density at radius 2 is 1.97 bits per heavy atom. The molecule has 1 N–H and O–H groups in total. The summed E-state index contributed by atoms with van der Waals surface area (Å²) in [5.74, 6) is 0.157. The average molecular weight is 411 g/mol. The van der Waals surface area contributed by atoms with Crippen molar-refractivity contribution >= 4 is 29.3 Å². The van der Waals surface area contributed by atoms with E-state index in [1.807, 2.05) is 19.9 Å². The van der Waals surface area contributed by atoms with Gasteiger partial charge in [-0.3, -0.25) is 14.6 Å². The summed E-state index contributed by atoms with van der Waals surface area (Å²) in [4.78, 5) is 30.4. The molecule has 0 radical (unpaired) electrons. The van der Waals surface area contributed by atoms with Crippen molar-refractivity contribution < 1.29 is 14.0 Å². The SMILES string of the molecule is CCN(CC)C(=O)c1cccc(NC(=O)CSc2nnc(-c3cccnc3)o2)c1. The number of nitrogens with one attached hydrogen (secondary N) is 1. The van der Waals surface area contributed by atoms with Crippen LogP contribution < -0.4 is 5.32 Å². The molecule has 2 aromatic heterocycles. The van der Waals surface area contributed by atoms with Crippen LogP contribution in [0, 0.1) is 0 Å². The van der Waals surface area contributed by atoms with Gasteiger partial charge >= 0.3 is 0 Å².